The van der Waals surface area contributed by atoms with Crippen molar-refractivity contribution in [3.8, 4) is 0 Å². The first-order chi connectivity index (χ1) is 11.4. The second kappa shape index (κ2) is 26.8. The van der Waals surface area contributed by atoms with E-state index in [4.69, 9.17) is 15.1 Å². The van der Waals surface area contributed by atoms with Crippen molar-refractivity contribution in [1.82, 2.24) is 0 Å². The zero-order valence-corrected chi connectivity index (χ0v) is 23.0. The molecule has 0 aromatic heterocycles. The molecule has 0 aromatic carbocycles. The van der Waals surface area contributed by atoms with Gasteiger partial charge in [0, 0.05) is 0 Å². The van der Waals surface area contributed by atoms with E-state index >= 15 is 0 Å². The molecular formula is C18H43BO3Sn2. The molecule has 0 radical (unpaired) electrons. The van der Waals surface area contributed by atoms with E-state index in [1.54, 1.807) is 26.6 Å². The molecule has 0 rings (SSSR count). The summed E-state index contributed by atoms with van der Waals surface area (Å²) in [6, 6.07) is 0. The third-order valence-electron chi connectivity index (χ3n) is 3.62. The molecule has 0 aliphatic rings. The van der Waals surface area contributed by atoms with E-state index in [0.29, 0.717) is 0 Å². The van der Waals surface area contributed by atoms with Gasteiger partial charge in [0.05, 0.1) is 7.32 Å². The predicted molar refractivity (Wildman–Crippen MR) is 110 cm³/mol. The Balaban J connectivity index is -0.000000301. The maximum atomic E-state index is 8.53. The Morgan fingerprint density at radius 2 is 0.667 bits per heavy atom. The maximum absolute atomic E-state index is 8.53. The van der Waals surface area contributed by atoms with Gasteiger partial charge in [0.25, 0.3) is 0 Å². The summed E-state index contributed by atoms with van der Waals surface area (Å²) in [7, 11) is -2.67. The molecule has 0 aromatic rings. The fourth-order valence-electron chi connectivity index (χ4n) is 2.87. The third kappa shape index (κ3) is 31.3. The van der Waals surface area contributed by atoms with E-state index in [1.165, 1.54) is 38.5 Å². The normalized spacial score (nSPS) is 9.38. The van der Waals surface area contributed by atoms with Crippen LogP contribution in [0, 0.1) is 0 Å². The van der Waals surface area contributed by atoms with Gasteiger partial charge in [-0.2, -0.15) is 0 Å². The average molecular weight is 556 g/mol. The van der Waals surface area contributed by atoms with Crippen molar-refractivity contribution in [3.63, 3.8) is 0 Å². The van der Waals surface area contributed by atoms with Crippen LogP contribution in [0.25, 0.3) is 0 Å². The van der Waals surface area contributed by atoms with Crippen molar-refractivity contribution in [3.05, 3.63) is 0 Å². The third-order valence-corrected chi connectivity index (χ3v) is 24.3. The van der Waals surface area contributed by atoms with Crippen LogP contribution in [0.5, 0.6) is 0 Å². The minimum Gasteiger partial charge on any atom is -0.871 e. The van der Waals surface area contributed by atoms with E-state index in [0.717, 1.165) is 0 Å². The van der Waals surface area contributed by atoms with Gasteiger partial charge in [0.15, 0.2) is 0 Å². The number of rotatable bonds is 12. The molecule has 0 unspecified atom stereocenters. The quantitative estimate of drug-likeness (QED) is 0.369. The second-order valence-corrected chi connectivity index (χ2v) is 23.4. The summed E-state index contributed by atoms with van der Waals surface area (Å²) in [6.07, 6.45) is 8.72. The molecule has 0 spiro atoms. The van der Waals surface area contributed by atoms with Crippen LogP contribution in [-0.2, 0) is 0 Å². The minimum atomic E-state index is -2.67. The Kier molecular flexibility index (Phi) is 33.8. The van der Waals surface area contributed by atoms with Gasteiger partial charge < -0.3 is 15.1 Å². The van der Waals surface area contributed by atoms with Crippen molar-refractivity contribution >= 4 is 46.8 Å². The fraction of sp³-hybridized carbons (Fsp3) is 1.00. The summed E-state index contributed by atoms with van der Waals surface area (Å²) in [5, 5.41) is 24.0. The van der Waals surface area contributed by atoms with Crippen molar-refractivity contribution in [2.45, 2.75) is 107 Å². The molecule has 0 heterocycles. The van der Waals surface area contributed by atoms with Gasteiger partial charge in [-0.3, -0.25) is 0 Å². The largest absolute Gasteiger partial charge is 0.871 e. The standard InChI is InChI=1S/6C3H7.BHO3.2Sn/c6*1-3-2;2-1(3)4;;/h6*1,3H2,2H3;2H;;/q;;;;;;-2;2*+1. The molecule has 0 aliphatic carbocycles. The molecule has 0 atom stereocenters. The molecule has 144 valence electrons. The second-order valence-electron chi connectivity index (χ2n) is 6.31. The summed E-state index contributed by atoms with van der Waals surface area (Å²) in [5.41, 5.74) is 0. The molecule has 3 nitrogen and oxygen atoms in total. The van der Waals surface area contributed by atoms with Crippen LogP contribution in [0.1, 0.15) is 80.1 Å². The molecule has 0 amide bonds. The summed E-state index contributed by atoms with van der Waals surface area (Å²) >= 11 is -1.52. The SMILES string of the molecule is CC[CH2][Sn+]([CH2]CC)[CH2]CC.CC[CH2][Sn+]([CH2]CC)[CH2]CC.[O-]B([O-])O. The van der Waals surface area contributed by atoms with Crippen LogP contribution in [0.4, 0.5) is 0 Å². The van der Waals surface area contributed by atoms with Crippen molar-refractivity contribution in [2.24, 2.45) is 0 Å². The van der Waals surface area contributed by atoms with E-state index in [2.05, 4.69) is 41.5 Å². The molecule has 6 heteroatoms. The zero-order valence-electron chi connectivity index (χ0n) is 17.3. The van der Waals surface area contributed by atoms with Gasteiger partial charge >= 0.3 is 146 Å². The Morgan fingerprint density at radius 1 is 0.542 bits per heavy atom. The summed E-state index contributed by atoms with van der Waals surface area (Å²) in [6.45, 7) is 14.0. The predicted octanol–water partition coefficient (Wildman–Crippen LogP) is 4.11. The van der Waals surface area contributed by atoms with Crippen LogP contribution in [0.3, 0.4) is 0 Å². The Hall–Kier alpha value is 1.54. The summed E-state index contributed by atoms with van der Waals surface area (Å²) < 4.78 is 9.86. The Labute approximate surface area is 167 Å². The molecule has 0 aliphatic heterocycles. The smallest absolute Gasteiger partial charge is 0.0554 e. The monoisotopic (exact) mass is 558 g/mol. The molecule has 0 bridgehead atoms. The summed E-state index contributed by atoms with van der Waals surface area (Å²) in [4.78, 5) is 0. The molecule has 0 fully saturated rings. The number of hydrogen-bond acceptors (Lipinski definition) is 3. The average Bonchev–Trinajstić information content (AvgIpc) is 2.49. The van der Waals surface area contributed by atoms with E-state index in [1.807, 2.05) is 0 Å². The van der Waals surface area contributed by atoms with Crippen LogP contribution >= 0.6 is 0 Å². The minimum absolute atomic E-state index is 0.759. The first-order valence-electron chi connectivity index (χ1n) is 10.1. The van der Waals surface area contributed by atoms with Crippen LogP contribution < -0.4 is 10.0 Å². The van der Waals surface area contributed by atoms with Crippen LogP contribution in [0.15, 0.2) is 0 Å². The molecule has 0 saturated heterocycles. The topological polar surface area (TPSA) is 66.3 Å². The van der Waals surface area contributed by atoms with Crippen molar-refractivity contribution in [2.75, 3.05) is 0 Å². The van der Waals surface area contributed by atoms with Crippen molar-refractivity contribution in [1.29, 1.82) is 0 Å². The van der Waals surface area contributed by atoms with Gasteiger partial charge in [0.1, 0.15) is 0 Å². The molecule has 24 heavy (non-hydrogen) atoms. The Morgan fingerprint density at radius 3 is 0.750 bits per heavy atom. The molecule has 1 N–H and O–H groups in total. The maximum Gasteiger partial charge on any atom is 0.0554 e. The zero-order chi connectivity index (χ0) is 19.2. The Bertz CT molecular complexity index is 161. The van der Waals surface area contributed by atoms with Gasteiger partial charge in [-0.25, -0.2) is 0 Å². The van der Waals surface area contributed by atoms with Crippen LogP contribution in [0.2, 0.25) is 26.6 Å². The van der Waals surface area contributed by atoms with Gasteiger partial charge in [-0.1, -0.05) is 0 Å². The molecular weight excluding hydrogens is 512 g/mol. The number of hydrogen-bond donors (Lipinski definition) is 1. The first-order valence-corrected chi connectivity index (χ1v) is 22.2. The van der Waals surface area contributed by atoms with Gasteiger partial charge in [-0.05, 0) is 0 Å². The van der Waals surface area contributed by atoms with Gasteiger partial charge in [-0.15, -0.1) is 0 Å². The van der Waals surface area contributed by atoms with Crippen LogP contribution in [-0.4, -0.2) is 51.9 Å². The van der Waals surface area contributed by atoms with Crippen molar-refractivity contribution < 1.29 is 15.1 Å². The van der Waals surface area contributed by atoms with Gasteiger partial charge in [0.2, 0.25) is 0 Å². The summed E-state index contributed by atoms with van der Waals surface area (Å²) in [5.74, 6) is 0. The molecule has 0 saturated carbocycles. The van der Waals surface area contributed by atoms with E-state index in [9.17, 15) is 0 Å². The van der Waals surface area contributed by atoms with E-state index < -0.39 is 46.8 Å². The first kappa shape index (κ1) is 30.3. The fourth-order valence-corrected chi connectivity index (χ4v) is 19.3. The van der Waals surface area contributed by atoms with E-state index in [-0.39, 0.29) is 0 Å².